The molecule has 1 amide bonds. The zero-order chi connectivity index (χ0) is 18.0. The summed E-state index contributed by atoms with van der Waals surface area (Å²) < 4.78 is 0. The normalized spacial score (nSPS) is 47.7. The van der Waals surface area contributed by atoms with Crippen LogP contribution in [0.1, 0.15) is 59.3 Å². The average molecular weight is 367 g/mol. The minimum atomic E-state index is -0.886. The van der Waals surface area contributed by atoms with Gasteiger partial charge >= 0.3 is 29.6 Å². The molecule has 138 valence electrons. The molecule has 0 spiro atoms. The Morgan fingerprint density at radius 2 is 1.92 bits per heavy atom. The quantitative estimate of drug-likeness (QED) is 0.656. The zero-order valence-electron chi connectivity index (χ0n) is 16.6. The van der Waals surface area contributed by atoms with Crippen molar-refractivity contribution in [3.8, 4) is 0 Å². The van der Waals surface area contributed by atoms with Gasteiger partial charge in [-0.25, -0.2) is 0 Å². The van der Waals surface area contributed by atoms with Gasteiger partial charge in [0, 0.05) is 17.4 Å². The largest absolute Gasteiger partial charge is 1.00 e. The first kappa shape index (κ1) is 20.4. The van der Waals surface area contributed by atoms with E-state index >= 15 is 0 Å². The van der Waals surface area contributed by atoms with Gasteiger partial charge in [-0.1, -0.05) is 26.8 Å². The van der Waals surface area contributed by atoms with Crippen molar-refractivity contribution in [1.29, 1.82) is 0 Å². The van der Waals surface area contributed by atoms with Crippen LogP contribution in [0.15, 0.2) is 12.2 Å². The molecule has 0 saturated heterocycles. The molecule has 2 unspecified atom stereocenters. The van der Waals surface area contributed by atoms with E-state index in [1.165, 1.54) is 0 Å². The van der Waals surface area contributed by atoms with Gasteiger partial charge in [0.05, 0.1) is 0 Å². The number of amides is 1. The molecule has 0 aromatic heterocycles. The van der Waals surface area contributed by atoms with Crippen LogP contribution in [0.2, 0.25) is 0 Å². The number of hydrogen-bond donors (Lipinski definition) is 1. The van der Waals surface area contributed by atoms with Crippen LogP contribution in [0.25, 0.3) is 0 Å². The van der Waals surface area contributed by atoms with E-state index in [1.807, 2.05) is 6.92 Å². The molecular formula is C21H30NNaO3. The van der Waals surface area contributed by atoms with Gasteiger partial charge in [-0.3, -0.25) is 4.79 Å². The Bertz CT molecular complexity index is 635. The maximum atomic E-state index is 11.8. The van der Waals surface area contributed by atoms with Crippen LogP contribution >= 0.6 is 0 Å². The average Bonchev–Trinajstić information content (AvgIpc) is 2.92. The predicted molar refractivity (Wildman–Crippen MR) is 93.1 cm³/mol. The van der Waals surface area contributed by atoms with Gasteiger partial charge < -0.3 is 15.2 Å². The molecule has 4 rings (SSSR count). The van der Waals surface area contributed by atoms with E-state index in [4.69, 9.17) is 0 Å². The number of carbonyl (C=O) groups excluding carboxylic acids is 2. The van der Waals surface area contributed by atoms with Gasteiger partial charge in [0.2, 0.25) is 5.91 Å². The monoisotopic (exact) mass is 367 g/mol. The molecule has 4 nitrogen and oxygen atoms in total. The Morgan fingerprint density at radius 1 is 1.19 bits per heavy atom. The summed E-state index contributed by atoms with van der Waals surface area (Å²) in [6.45, 7) is 6.51. The van der Waals surface area contributed by atoms with Gasteiger partial charge in [-0.2, -0.15) is 0 Å². The van der Waals surface area contributed by atoms with Crippen LogP contribution in [0.3, 0.4) is 0 Å². The molecular weight excluding hydrogens is 337 g/mol. The van der Waals surface area contributed by atoms with Crippen molar-refractivity contribution >= 4 is 11.9 Å². The van der Waals surface area contributed by atoms with Gasteiger partial charge in [0.1, 0.15) is 0 Å². The number of carbonyl (C=O) groups is 2. The third-order valence-electron chi connectivity index (χ3n) is 8.73. The molecule has 1 heterocycles. The Hall–Kier alpha value is -0.320. The second-order valence-corrected chi connectivity index (χ2v) is 9.55. The molecule has 3 aliphatic carbocycles. The second kappa shape index (κ2) is 6.93. The third-order valence-corrected chi connectivity index (χ3v) is 8.73. The minimum absolute atomic E-state index is 0. The molecule has 0 radical (unpaired) electrons. The SMILES string of the molecule is CC(C(=O)[O-])[C@H]1CC[C@H]2[C@@H]3CCC4NC(=O)C=C[C@]4(C)[C@H]3CC[C@]12C.[Na+]. The Morgan fingerprint density at radius 3 is 2.62 bits per heavy atom. The molecule has 3 fully saturated rings. The van der Waals surface area contributed by atoms with Gasteiger partial charge in [0.25, 0.3) is 0 Å². The molecule has 0 aromatic carbocycles. The first-order valence-corrected chi connectivity index (χ1v) is 9.98. The van der Waals surface area contributed by atoms with E-state index in [2.05, 4.69) is 25.2 Å². The van der Waals surface area contributed by atoms with Crippen LogP contribution in [0.5, 0.6) is 0 Å². The van der Waals surface area contributed by atoms with E-state index in [0.717, 1.165) is 38.5 Å². The topological polar surface area (TPSA) is 69.2 Å². The summed E-state index contributed by atoms with van der Waals surface area (Å²) in [5, 5.41) is 14.7. The molecule has 0 bridgehead atoms. The summed E-state index contributed by atoms with van der Waals surface area (Å²) >= 11 is 0. The summed E-state index contributed by atoms with van der Waals surface area (Å²) in [6, 6.07) is 0.259. The molecule has 3 saturated carbocycles. The van der Waals surface area contributed by atoms with Crippen molar-refractivity contribution < 1.29 is 44.3 Å². The van der Waals surface area contributed by atoms with Crippen molar-refractivity contribution in [3.63, 3.8) is 0 Å². The van der Waals surface area contributed by atoms with Crippen LogP contribution in [-0.4, -0.2) is 17.9 Å². The first-order valence-electron chi connectivity index (χ1n) is 9.98. The number of carboxylic acid groups (broad SMARTS) is 1. The Balaban J connectivity index is 0.00000196. The van der Waals surface area contributed by atoms with Crippen molar-refractivity contribution in [2.75, 3.05) is 0 Å². The van der Waals surface area contributed by atoms with Gasteiger partial charge in [-0.05, 0) is 79.6 Å². The second-order valence-electron chi connectivity index (χ2n) is 9.55. The van der Waals surface area contributed by atoms with E-state index in [9.17, 15) is 14.7 Å². The van der Waals surface area contributed by atoms with E-state index in [-0.39, 0.29) is 64.2 Å². The van der Waals surface area contributed by atoms with Crippen molar-refractivity contribution in [3.05, 3.63) is 12.2 Å². The van der Waals surface area contributed by atoms with Crippen LogP contribution in [-0.2, 0) is 9.59 Å². The fourth-order valence-electron chi connectivity index (χ4n) is 7.36. The standard InChI is InChI=1S/C21H31NO3.Na/c1-12(19(24)25)14-5-6-15-13-4-7-17-21(3,11-9-18(23)22-17)16(13)8-10-20(14,15)2;/h9,11-17H,4-8,10H2,1-3H3,(H,22,23)(H,24,25);/q;+1/p-1/t12?,13-,14+,15-,16-,17?,20+,21+;/m0./s1. The Labute approximate surface area is 178 Å². The minimum Gasteiger partial charge on any atom is -0.550 e. The summed E-state index contributed by atoms with van der Waals surface area (Å²) in [6.07, 6.45) is 10.5. The fraction of sp³-hybridized carbons (Fsp3) is 0.810. The predicted octanol–water partition coefficient (Wildman–Crippen LogP) is -0.710. The maximum Gasteiger partial charge on any atom is 1.00 e. The van der Waals surface area contributed by atoms with Gasteiger partial charge in [-0.15, -0.1) is 0 Å². The van der Waals surface area contributed by atoms with Crippen LogP contribution < -0.4 is 40.0 Å². The number of aliphatic carboxylic acids is 1. The number of fused-ring (bicyclic) bond motifs is 5. The smallest absolute Gasteiger partial charge is 0.550 e. The Kier molecular flexibility index (Phi) is 5.44. The van der Waals surface area contributed by atoms with Crippen LogP contribution in [0, 0.1) is 40.4 Å². The number of hydrogen-bond acceptors (Lipinski definition) is 3. The van der Waals surface area contributed by atoms with E-state index in [1.54, 1.807) is 6.08 Å². The number of nitrogens with one attached hydrogen (secondary N) is 1. The molecule has 4 aliphatic rings. The molecule has 0 aromatic rings. The van der Waals surface area contributed by atoms with E-state index in [0.29, 0.717) is 17.8 Å². The molecule has 8 atom stereocenters. The van der Waals surface area contributed by atoms with Crippen LogP contribution in [0.4, 0.5) is 0 Å². The summed E-state index contributed by atoms with van der Waals surface area (Å²) in [7, 11) is 0. The number of carboxylic acids is 1. The first-order chi connectivity index (χ1) is 11.8. The van der Waals surface area contributed by atoms with Crippen molar-refractivity contribution in [1.82, 2.24) is 5.32 Å². The fourth-order valence-corrected chi connectivity index (χ4v) is 7.36. The summed E-state index contributed by atoms with van der Waals surface area (Å²) in [5.74, 6) is 0.912. The van der Waals surface area contributed by atoms with Gasteiger partial charge in [0.15, 0.2) is 0 Å². The molecule has 1 aliphatic heterocycles. The number of rotatable bonds is 2. The summed E-state index contributed by atoms with van der Waals surface area (Å²) in [5.41, 5.74) is 0.182. The van der Waals surface area contributed by atoms with Crippen molar-refractivity contribution in [2.24, 2.45) is 40.4 Å². The molecule has 1 N–H and O–H groups in total. The van der Waals surface area contributed by atoms with E-state index < -0.39 is 5.97 Å². The third kappa shape index (κ3) is 2.82. The molecule has 5 heteroatoms. The summed E-state index contributed by atoms with van der Waals surface area (Å²) in [4.78, 5) is 23.3. The molecule has 26 heavy (non-hydrogen) atoms. The van der Waals surface area contributed by atoms with Crippen molar-refractivity contribution in [2.45, 2.75) is 65.3 Å². The zero-order valence-corrected chi connectivity index (χ0v) is 18.6. The maximum absolute atomic E-state index is 11.8.